The Kier molecular flexibility index (Phi) is 4.00. The van der Waals surface area contributed by atoms with Crippen LogP contribution in [0.25, 0.3) is 11.1 Å². The molecule has 27 heavy (non-hydrogen) atoms. The van der Waals surface area contributed by atoms with Crippen LogP contribution in [0.5, 0.6) is 0 Å². The molecule has 1 aromatic heterocycles. The van der Waals surface area contributed by atoms with Crippen LogP contribution < -0.4 is 5.73 Å². The van der Waals surface area contributed by atoms with E-state index in [4.69, 9.17) is 5.73 Å². The number of carbonyl (C=O) groups is 2. The van der Waals surface area contributed by atoms with E-state index in [0.29, 0.717) is 30.6 Å². The average molecular weight is 384 g/mol. The van der Waals surface area contributed by atoms with E-state index in [1.807, 2.05) is 36.7 Å². The minimum Gasteiger partial charge on any atom is -0.396 e. The molecular formula is C21H21FN2O2S. The molecule has 0 bridgehead atoms. The first kappa shape index (κ1) is 17.9. The number of thiophene rings is 1. The maximum atomic E-state index is 14.1. The number of allylic oxidation sites excluding steroid dienone is 1. The first-order chi connectivity index (χ1) is 12.7. The number of benzene rings is 1. The van der Waals surface area contributed by atoms with Crippen molar-refractivity contribution in [3.8, 4) is 11.1 Å². The highest BCUT2D eigenvalue weighted by Gasteiger charge is 2.51. The summed E-state index contributed by atoms with van der Waals surface area (Å²) >= 11 is 1.53. The van der Waals surface area contributed by atoms with Crippen LogP contribution in [0.3, 0.4) is 0 Å². The van der Waals surface area contributed by atoms with Crippen molar-refractivity contribution in [1.82, 2.24) is 4.90 Å². The Labute approximate surface area is 161 Å². The zero-order valence-electron chi connectivity index (χ0n) is 15.3. The van der Waals surface area contributed by atoms with Crippen LogP contribution in [0.2, 0.25) is 0 Å². The van der Waals surface area contributed by atoms with E-state index in [1.54, 1.807) is 11.0 Å². The van der Waals surface area contributed by atoms with Gasteiger partial charge in [0.25, 0.3) is 5.91 Å². The molecule has 140 valence electrons. The second-order valence-corrected chi connectivity index (χ2v) is 9.03. The minimum absolute atomic E-state index is 0.0385. The fourth-order valence-electron chi connectivity index (χ4n) is 4.35. The topological polar surface area (TPSA) is 63.4 Å². The number of halogens is 1. The van der Waals surface area contributed by atoms with Crippen molar-refractivity contribution in [2.45, 2.75) is 20.3 Å². The fourth-order valence-corrected chi connectivity index (χ4v) is 5.01. The van der Waals surface area contributed by atoms with Crippen molar-refractivity contribution >= 4 is 23.0 Å². The van der Waals surface area contributed by atoms with Gasteiger partial charge in [0, 0.05) is 29.5 Å². The number of Topliss-reactive ketones (excluding diaryl/α,β-unsaturated/α-hetero) is 1. The number of hydrogen-bond donors (Lipinski definition) is 1. The maximum absolute atomic E-state index is 14.1. The summed E-state index contributed by atoms with van der Waals surface area (Å²) in [4.78, 5) is 26.8. The van der Waals surface area contributed by atoms with E-state index in [1.165, 1.54) is 23.5 Å². The first-order valence-electron chi connectivity index (χ1n) is 8.85. The lowest BCUT2D eigenvalue weighted by Gasteiger charge is -2.53. The van der Waals surface area contributed by atoms with Crippen molar-refractivity contribution in [2.24, 2.45) is 16.6 Å². The smallest absolute Gasteiger partial charge is 0.254 e. The zero-order valence-corrected chi connectivity index (χ0v) is 16.1. The van der Waals surface area contributed by atoms with Crippen LogP contribution in [-0.2, 0) is 4.79 Å². The quantitative estimate of drug-likeness (QED) is 0.856. The van der Waals surface area contributed by atoms with E-state index in [-0.39, 0.29) is 22.8 Å². The number of nitrogens with zero attached hydrogens (tertiary/aromatic N) is 1. The molecule has 1 saturated heterocycles. The molecule has 2 heterocycles. The summed E-state index contributed by atoms with van der Waals surface area (Å²) in [6, 6.07) is 6.36. The van der Waals surface area contributed by atoms with Crippen molar-refractivity contribution in [3.63, 3.8) is 0 Å². The second kappa shape index (κ2) is 6.02. The molecule has 0 unspecified atom stereocenters. The van der Waals surface area contributed by atoms with E-state index in [9.17, 15) is 14.0 Å². The third-order valence-electron chi connectivity index (χ3n) is 5.43. The monoisotopic (exact) mass is 384 g/mol. The summed E-state index contributed by atoms with van der Waals surface area (Å²) < 4.78 is 14.1. The largest absolute Gasteiger partial charge is 0.396 e. The summed E-state index contributed by atoms with van der Waals surface area (Å²) in [7, 11) is 0. The number of nitrogens with two attached hydrogens (primary N) is 1. The van der Waals surface area contributed by atoms with Gasteiger partial charge >= 0.3 is 0 Å². The van der Waals surface area contributed by atoms with Crippen LogP contribution in [0.1, 0.15) is 30.6 Å². The van der Waals surface area contributed by atoms with Gasteiger partial charge in [-0.1, -0.05) is 13.8 Å². The van der Waals surface area contributed by atoms with Crippen LogP contribution >= 0.6 is 11.3 Å². The Morgan fingerprint density at radius 1 is 1.22 bits per heavy atom. The highest BCUT2D eigenvalue weighted by atomic mass is 32.1. The third kappa shape index (κ3) is 3.08. The maximum Gasteiger partial charge on any atom is 0.254 e. The number of rotatable bonds is 2. The Bertz CT molecular complexity index is 957. The minimum atomic E-state index is -0.529. The molecule has 0 saturated carbocycles. The molecule has 1 aliphatic carbocycles. The summed E-state index contributed by atoms with van der Waals surface area (Å²) in [6.45, 7) is 4.77. The molecule has 1 aliphatic heterocycles. The second-order valence-electron chi connectivity index (χ2n) is 8.25. The summed E-state index contributed by atoms with van der Waals surface area (Å²) in [5, 5.41) is 3.85. The summed E-state index contributed by atoms with van der Waals surface area (Å²) in [5.41, 5.74) is 7.35. The summed E-state index contributed by atoms with van der Waals surface area (Å²) in [6.07, 6.45) is 2.47. The molecule has 0 radical (unpaired) electrons. The molecule has 1 aromatic carbocycles. The van der Waals surface area contributed by atoms with Gasteiger partial charge < -0.3 is 10.6 Å². The predicted molar refractivity (Wildman–Crippen MR) is 104 cm³/mol. The number of amides is 1. The normalized spacial score (nSPS) is 20.3. The molecule has 1 amide bonds. The predicted octanol–water partition coefficient (Wildman–Crippen LogP) is 3.84. The van der Waals surface area contributed by atoms with Gasteiger partial charge in [-0.2, -0.15) is 11.3 Å². The van der Waals surface area contributed by atoms with E-state index >= 15 is 0 Å². The van der Waals surface area contributed by atoms with Gasteiger partial charge in [0.1, 0.15) is 5.82 Å². The van der Waals surface area contributed by atoms with Crippen molar-refractivity contribution in [3.05, 3.63) is 58.2 Å². The molecule has 6 heteroatoms. The van der Waals surface area contributed by atoms with Crippen LogP contribution in [0.4, 0.5) is 4.39 Å². The molecule has 0 atom stereocenters. The van der Waals surface area contributed by atoms with Gasteiger partial charge in [0.15, 0.2) is 5.78 Å². The Morgan fingerprint density at radius 3 is 2.59 bits per heavy atom. The van der Waals surface area contributed by atoms with Crippen molar-refractivity contribution < 1.29 is 14.0 Å². The van der Waals surface area contributed by atoms with E-state index < -0.39 is 11.2 Å². The molecule has 1 spiro atoms. The highest BCUT2D eigenvalue weighted by Crippen LogP contribution is 2.47. The van der Waals surface area contributed by atoms with Crippen LogP contribution in [0.15, 0.2) is 46.8 Å². The number of ketones is 1. The Balaban J connectivity index is 1.56. The molecule has 4 rings (SSSR count). The van der Waals surface area contributed by atoms with Gasteiger partial charge in [-0.3, -0.25) is 9.59 Å². The standard InChI is InChI=1S/C21H21FN2O2S/c1-20(2)10-21(8-17(23)18(20)25)11-24(12-21)19(26)15-5-14(6-16(22)7-15)13-3-4-27-9-13/h3-9H,10-12,23H2,1-2H3. The highest BCUT2D eigenvalue weighted by molar-refractivity contribution is 7.08. The van der Waals surface area contributed by atoms with Crippen molar-refractivity contribution in [2.75, 3.05) is 13.1 Å². The fraction of sp³-hybridized carbons (Fsp3) is 0.333. The summed E-state index contributed by atoms with van der Waals surface area (Å²) in [5.74, 6) is -0.660. The average Bonchev–Trinajstić information content (AvgIpc) is 3.10. The number of carbonyl (C=O) groups excluding carboxylic acids is 2. The van der Waals surface area contributed by atoms with E-state index in [2.05, 4.69) is 0 Å². The van der Waals surface area contributed by atoms with Crippen LogP contribution in [0, 0.1) is 16.6 Å². The zero-order chi connectivity index (χ0) is 19.4. The lowest BCUT2D eigenvalue weighted by atomic mass is 9.62. The number of likely N-dealkylation sites (tertiary alicyclic amines) is 1. The lowest BCUT2D eigenvalue weighted by molar-refractivity contribution is -0.127. The molecule has 2 N–H and O–H groups in total. The lowest BCUT2D eigenvalue weighted by Crippen LogP contribution is -2.61. The Morgan fingerprint density at radius 2 is 1.96 bits per heavy atom. The van der Waals surface area contributed by atoms with Gasteiger partial charge in [0.05, 0.1) is 5.70 Å². The first-order valence-corrected chi connectivity index (χ1v) is 9.79. The molecule has 2 aliphatic rings. The third-order valence-corrected chi connectivity index (χ3v) is 6.11. The van der Waals surface area contributed by atoms with Crippen LogP contribution in [-0.4, -0.2) is 29.7 Å². The molecular weight excluding hydrogens is 363 g/mol. The SMILES string of the molecule is CC1(C)CC2(C=C(N)C1=O)CN(C(=O)c1cc(F)cc(-c3ccsc3)c1)C2. The van der Waals surface area contributed by atoms with Gasteiger partial charge in [0.2, 0.25) is 0 Å². The van der Waals surface area contributed by atoms with Gasteiger partial charge in [-0.15, -0.1) is 0 Å². The van der Waals surface area contributed by atoms with E-state index in [0.717, 1.165) is 5.56 Å². The Hall–Kier alpha value is -2.47. The van der Waals surface area contributed by atoms with Gasteiger partial charge in [-0.05, 0) is 58.6 Å². The molecule has 4 nitrogen and oxygen atoms in total. The molecule has 2 aromatic rings. The van der Waals surface area contributed by atoms with Gasteiger partial charge in [-0.25, -0.2) is 4.39 Å². The number of hydrogen-bond acceptors (Lipinski definition) is 4. The molecule has 1 fully saturated rings. The van der Waals surface area contributed by atoms with Crippen molar-refractivity contribution in [1.29, 1.82) is 0 Å².